The molecule has 7 heteroatoms. The molecule has 0 bridgehead atoms. The molecule has 0 atom stereocenters. The topological polar surface area (TPSA) is 90.3 Å². The van der Waals surface area contributed by atoms with Crippen LogP contribution in [0.25, 0.3) is 0 Å². The molecule has 0 unspecified atom stereocenters. The van der Waals surface area contributed by atoms with Crippen molar-refractivity contribution in [3.05, 3.63) is 29.8 Å². The quantitative estimate of drug-likeness (QED) is 0.688. The van der Waals surface area contributed by atoms with Gasteiger partial charge in [-0.2, -0.15) is 9.57 Å². The van der Waals surface area contributed by atoms with Crippen LogP contribution in [0, 0.1) is 23.2 Å². The van der Waals surface area contributed by atoms with E-state index < -0.39 is 10.0 Å². The second-order valence-electron chi connectivity index (χ2n) is 8.25. The molecule has 1 aromatic carbocycles. The van der Waals surface area contributed by atoms with Gasteiger partial charge in [-0.1, -0.05) is 32.1 Å². The van der Waals surface area contributed by atoms with Crippen LogP contribution in [-0.4, -0.2) is 38.3 Å². The van der Waals surface area contributed by atoms with Crippen molar-refractivity contribution in [1.29, 1.82) is 5.26 Å². The first kappa shape index (κ1) is 21.8. The van der Waals surface area contributed by atoms with Crippen LogP contribution in [0.2, 0.25) is 0 Å². The Kier molecular flexibility index (Phi) is 7.68. The fraction of sp³-hybridized carbons (Fsp3) is 0.636. The third kappa shape index (κ3) is 5.80. The number of piperidine rings is 1. The number of sulfonamides is 1. The molecule has 1 aliphatic carbocycles. The zero-order valence-corrected chi connectivity index (χ0v) is 17.8. The van der Waals surface area contributed by atoms with Gasteiger partial charge < -0.3 is 5.32 Å². The molecule has 0 radical (unpaired) electrons. The van der Waals surface area contributed by atoms with Crippen molar-refractivity contribution in [2.75, 3.05) is 19.6 Å². The maximum Gasteiger partial charge on any atom is 0.243 e. The van der Waals surface area contributed by atoms with Crippen LogP contribution < -0.4 is 5.32 Å². The van der Waals surface area contributed by atoms with Gasteiger partial charge in [-0.25, -0.2) is 8.42 Å². The van der Waals surface area contributed by atoms with Gasteiger partial charge in [0.25, 0.3) is 0 Å². The summed E-state index contributed by atoms with van der Waals surface area (Å²) < 4.78 is 27.0. The molecule has 29 heavy (non-hydrogen) atoms. The lowest BCUT2D eigenvalue weighted by atomic mass is 9.86. The van der Waals surface area contributed by atoms with E-state index in [0.29, 0.717) is 31.5 Å². The average Bonchev–Trinajstić information content (AvgIpc) is 2.77. The summed E-state index contributed by atoms with van der Waals surface area (Å²) in [5, 5.41) is 11.9. The van der Waals surface area contributed by atoms with E-state index in [-0.39, 0.29) is 16.7 Å². The molecule has 0 spiro atoms. The van der Waals surface area contributed by atoms with Gasteiger partial charge in [0.1, 0.15) is 0 Å². The van der Waals surface area contributed by atoms with E-state index in [1.807, 2.05) is 6.07 Å². The number of carbonyl (C=O) groups excluding carboxylic acids is 1. The number of hydrogen-bond donors (Lipinski definition) is 1. The zero-order chi connectivity index (χ0) is 20.7. The fourth-order valence-corrected chi connectivity index (χ4v) is 5.90. The SMILES string of the molecule is N#Cc1ccc(S(=O)(=O)N2CCC(C(=O)NCCCC3CCCCC3)CC2)cc1. The maximum absolute atomic E-state index is 12.8. The molecule has 1 N–H and O–H groups in total. The highest BCUT2D eigenvalue weighted by Gasteiger charge is 2.32. The number of nitrogens with zero attached hydrogens (tertiary/aromatic N) is 2. The molecule has 1 heterocycles. The fourth-order valence-electron chi connectivity index (χ4n) is 4.43. The van der Waals surface area contributed by atoms with Gasteiger partial charge in [0, 0.05) is 25.6 Å². The van der Waals surface area contributed by atoms with Crippen molar-refractivity contribution in [1.82, 2.24) is 9.62 Å². The summed E-state index contributed by atoms with van der Waals surface area (Å²) in [4.78, 5) is 12.6. The summed E-state index contributed by atoms with van der Waals surface area (Å²) in [6.45, 7) is 1.42. The summed E-state index contributed by atoms with van der Waals surface area (Å²) in [5.41, 5.74) is 0.433. The molecule has 0 aromatic heterocycles. The Hall–Kier alpha value is -1.91. The molecule has 1 aliphatic heterocycles. The Morgan fingerprint density at radius 2 is 1.72 bits per heavy atom. The van der Waals surface area contributed by atoms with E-state index in [4.69, 9.17) is 5.26 Å². The largest absolute Gasteiger partial charge is 0.356 e. The van der Waals surface area contributed by atoms with Crippen LogP contribution in [0.3, 0.4) is 0 Å². The van der Waals surface area contributed by atoms with Gasteiger partial charge in [-0.15, -0.1) is 0 Å². The molecule has 1 saturated carbocycles. The van der Waals surface area contributed by atoms with Crippen LogP contribution in [0.1, 0.15) is 63.4 Å². The third-order valence-corrected chi connectivity index (χ3v) is 8.17. The second-order valence-corrected chi connectivity index (χ2v) is 10.2. The van der Waals surface area contributed by atoms with Crippen LogP contribution in [0.15, 0.2) is 29.2 Å². The summed E-state index contributed by atoms with van der Waals surface area (Å²) in [7, 11) is -3.58. The molecule has 3 rings (SSSR count). The lowest BCUT2D eigenvalue weighted by Crippen LogP contribution is -2.43. The standard InChI is InChI=1S/C22H31N3O3S/c23-17-19-8-10-21(11-9-19)29(27,28)25-15-12-20(13-16-25)22(26)24-14-4-7-18-5-2-1-3-6-18/h8-11,18,20H,1-7,12-16H2,(H,24,26). The first-order chi connectivity index (χ1) is 14.0. The zero-order valence-electron chi connectivity index (χ0n) is 17.0. The van der Waals surface area contributed by atoms with Gasteiger partial charge in [-0.05, 0) is 55.9 Å². The third-order valence-electron chi connectivity index (χ3n) is 6.26. The molecule has 2 fully saturated rings. The lowest BCUT2D eigenvalue weighted by molar-refractivity contribution is -0.126. The lowest BCUT2D eigenvalue weighted by Gasteiger charge is -2.30. The predicted octanol–water partition coefficient (Wildman–Crippen LogP) is 3.44. The van der Waals surface area contributed by atoms with E-state index in [9.17, 15) is 13.2 Å². The minimum absolute atomic E-state index is 0.0593. The van der Waals surface area contributed by atoms with Gasteiger partial charge in [-0.3, -0.25) is 4.79 Å². The van der Waals surface area contributed by atoms with Crippen molar-refractivity contribution in [3.63, 3.8) is 0 Å². The molecule has 1 aromatic rings. The molecule has 1 amide bonds. The number of nitriles is 1. The number of nitrogens with one attached hydrogen (secondary N) is 1. The summed E-state index contributed by atoms with van der Waals surface area (Å²) in [5.74, 6) is 0.775. The molecule has 1 saturated heterocycles. The summed E-state index contributed by atoms with van der Waals surface area (Å²) >= 11 is 0. The second kappa shape index (κ2) is 10.2. The minimum Gasteiger partial charge on any atom is -0.356 e. The minimum atomic E-state index is -3.58. The molecule has 2 aliphatic rings. The monoisotopic (exact) mass is 417 g/mol. The van der Waals surface area contributed by atoms with Crippen molar-refractivity contribution in [2.24, 2.45) is 11.8 Å². The Morgan fingerprint density at radius 1 is 1.07 bits per heavy atom. The van der Waals surface area contributed by atoms with Gasteiger partial charge in [0.05, 0.1) is 16.5 Å². The Balaban J connectivity index is 1.41. The normalized spacial score (nSPS) is 19.6. The van der Waals surface area contributed by atoms with Crippen molar-refractivity contribution in [3.8, 4) is 6.07 Å². The predicted molar refractivity (Wildman–Crippen MR) is 111 cm³/mol. The van der Waals surface area contributed by atoms with Crippen LogP contribution in [-0.2, 0) is 14.8 Å². The number of amides is 1. The highest BCUT2D eigenvalue weighted by Crippen LogP contribution is 2.27. The van der Waals surface area contributed by atoms with Crippen LogP contribution in [0.5, 0.6) is 0 Å². The van der Waals surface area contributed by atoms with E-state index in [1.54, 1.807) is 0 Å². The van der Waals surface area contributed by atoms with E-state index in [1.165, 1.54) is 67.1 Å². The number of rotatable bonds is 7. The Labute approximate surface area is 174 Å². The van der Waals surface area contributed by atoms with Gasteiger partial charge in [0.15, 0.2) is 0 Å². The smallest absolute Gasteiger partial charge is 0.243 e. The number of hydrogen-bond acceptors (Lipinski definition) is 4. The first-order valence-corrected chi connectivity index (χ1v) is 12.2. The van der Waals surface area contributed by atoms with Crippen molar-refractivity contribution in [2.45, 2.75) is 62.7 Å². The van der Waals surface area contributed by atoms with Crippen molar-refractivity contribution < 1.29 is 13.2 Å². The number of carbonyl (C=O) groups is 1. The first-order valence-electron chi connectivity index (χ1n) is 10.8. The Morgan fingerprint density at radius 3 is 2.34 bits per heavy atom. The molecule has 158 valence electrons. The van der Waals surface area contributed by atoms with Crippen LogP contribution >= 0.6 is 0 Å². The van der Waals surface area contributed by atoms with E-state index in [2.05, 4.69) is 5.32 Å². The summed E-state index contributed by atoms with van der Waals surface area (Å²) in [6, 6.07) is 7.96. The van der Waals surface area contributed by atoms with E-state index in [0.717, 1.165) is 18.9 Å². The average molecular weight is 418 g/mol. The van der Waals surface area contributed by atoms with E-state index >= 15 is 0 Å². The maximum atomic E-state index is 12.8. The van der Waals surface area contributed by atoms with Gasteiger partial charge >= 0.3 is 0 Å². The summed E-state index contributed by atoms with van der Waals surface area (Å²) in [6.07, 6.45) is 10.0. The highest BCUT2D eigenvalue weighted by molar-refractivity contribution is 7.89. The Bertz CT molecular complexity index is 816. The molecule has 6 nitrogen and oxygen atoms in total. The molecular formula is C22H31N3O3S. The number of benzene rings is 1. The highest BCUT2D eigenvalue weighted by atomic mass is 32.2. The molecular weight excluding hydrogens is 386 g/mol. The van der Waals surface area contributed by atoms with Gasteiger partial charge in [0.2, 0.25) is 15.9 Å². The van der Waals surface area contributed by atoms with Crippen LogP contribution in [0.4, 0.5) is 0 Å². The van der Waals surface area contributed by atoms with Crippen molar-refractivity contribution >= 4 is 15.9 Å².